The Balaban J connectivity index is 1.98. The molecular formula is C20H31N3O3. The first-order valence-corrected chi connectivity index (χ1v) is 9.40. The van der Waals surface area contributed by atoms with E-state index in [1.807, 2.05) is 43.9 Å². The van der Waals surface area contributed by atoms with E-state index in [2.05, 4.69) is 11.9 Å². The SMILES string of the molecule is CC1CCCN(C(=O)CCN(Cc2ccccn2)C(=O)OC(C)(C)C)C1. The highest BCUT2D eigenvalue weighted by molar-refractivity contribution is 5.77. The minimum Gasteiger partial charge on any atom is -0.444 e. The number of aromatic nitrogens is 1. The Morgan fingerprint density at radius 2 is 2.12 bits per heavy atom. The van der Waals surface area contributed by atoms with E-state index < -0.39 is 11.7 Å². The van der Waals surface area contributed by atoms with Gasteiger partial charge in [-0.25, -0.2) is 4.79 Å². The molecule has 1 aromatic heterocycles. The fraction of sp³-hybridized carbons (Fsp3) is 0.650. The van der Waals surface area contributed by atoms with E-state index in [1.54, 1.807) is 11.1 Å². The van der Waals surface area contributed by atoms with Gasteiger partial charge in [0.05, 0.1) is 12.2 Å². The zero-order chi connectivity index (χ0) is 19.2. The molecule has 1 atom stereocenters. The second kappa shape index (κ2) is 9.01. The molecule has 2 heterocycles. The van der Waals surface area contributed by atoms with Crippen LogP contribution in [0.15, 0.2) is 24.4 Å². The Morgan fingerprint density at radius 1 is 1.35 bits per heavy atom. The Hall–Kier alpha value is -2.11. The third-order valence-corrected chi connectivity index (χ3v) is 4.34. The first-order valence-electron chi connectivity index (χ1n) is 9.40. The Bertz CT molecular complexity index is 598. The van der Waals surface area contributed by atoms with Crippen molar-refractivity contribution in [3.8, 4) is 0 Å². The number of rotatable bonds is 5. The summed E-state index contributed by atoms with van der Waals surface area (Å²) >= 11 is 0. The van der Waals surface area contributed by atoms with Crippen LogP contribution in [0.5, 0.6) is 0 Å². The number of nitrogens with zero attached hydrogens (tertiary/aromatic N) is 3. The van der Waals surface area contributed by atoms with Crippen LogP contribution in [0, 0.1) is 5.92 Å². The van der Waals surface area contributed by atoms with E-state index in [0.717, 1.165) is 25.2 Å². The second-order valence-corrected chi connectivity index (χ2v) is 8.06. The molecule has 1 aliphatic rings. The van der Waals surface area contributed by atoms with Crippen LogP contribution in [-0.4, -0.2) is 52.0 Å². The van der Waals surface area contributed by atoms with E-state index in [9.17, 15) is 9.59 Å². The van der Waals surface area contributed by atoms with Gasteiger partial charge in [0.25, 0.3) is 0 Å². The average molecular weight is 361 g/mol. The van der Waals surface area contributed by atoms with Gasteiger partial charge in [-0.05, 0) is 51.7 Å². The molecule has 1 saturated heterocycles. The summed E-state index contributed by atoms with van der Waals surface area (Å²) in [6.45, 7) is 9.97. The van der Waals surface area contributed by atoms with Crippen LogP contribution >= 0.6 is 0 Å². The highest BCUT2D eigenvalue weighted by Crippen LogP contribution is 2.17. The van der Waals surface area contributed by atoms with Crippen molar-refractivity contribution < 1.29 is 14.3 Å². The van der Waals surface area contributed by atoms with E-state index in [4.69, 9.17) is 4.74 Å². The largest absolute Gasteiger partial charge is 0.444 e. The number of piperidine rings is 1. The molecule has 0 spiro atoms. The molecule has 6 heteroatoms. The number of likely N-dealkylation sites (tertiary alicyclic amines) is 1. The van der Waals surface area contributed by atoms with Gasteiger partial charge in [-0.1, -0.05) is 13.0 Å². The van der Waals surface area contributed by atoms with Gasteiger partial charge in [-0.15, -0.1) is 0 Å². The lowest BCUT2D eigenvalue weighted by Gasteiger charge is -2.32. The first-order chi connectivity index (χ1) is 12.2. The molecule has 6 nitrogen and oxygen atoms in total. The van der Waals surface area contributed by atoms with Gasteiger partial charge in [0.1, 0.15) is 5.60 Å². The molecule has 0 saturated carbocycles. The standard InChI is InChI=1S/C20H31N3O3/c1-16-8-7-12-22(14-16)18(24)10-13-23(19(25)26-20(2,3)4)15-17-9-5-6-11-21-17/h5-6,9,11,16H,7-8,10,12-15H2,1-4H3. The second-order valence-electron chi connectivity index (χ2n) is 8.06. The maximum Gasteiger partial charge on any atom is 0.410 e. The molecule has 0 N–H and O–H groups in total. The lowest BCUT2D eigenvalue weighted by molar-refractivity contribution is -0.133. The maximum absolute atomic E-state index is 12.6. The van der Waals surface area contributed by atoms with Crippen molar-refractivity contribution in [3.05, 3.63) is 30.1 Å². The minimum atomic E-state index is -0.578. The highest BCUT2D eigenvalue weighted by Gasteiger charge is 2.25. The van der Waals surface area contributed by atoms with Crippen molar-refractivity contribution in [2.45, 2.75) is 59.1 Å². The van der Waals surface area contributed by atoms with E-state index in [-0.39, 0.29) is 5.91 Å². The summed E-state index contributed by atoms with van der Waals surface area (Å²) in [4.78, 5) is 32.9. The third kappa shape index (κ3) is 6.65. The van der Waals surface area contributed by atoms with Crippen molar-refractivity contribution in [1.82, 2.24) is 14.8 Å². The molecule has 1 fully saturated rings. The first kappa shape index (κ1) is 20.2. The summed E-state index contributed by atoms with van der Waals surface area (Å²) in [6, 6.07) is 5.59. The van der Waals surface area contributed by atoms with Gasteiger partial charge >= 0.3 is 6.09 Å². The molecule has 1 aromatic rings. The fourth-order valence-electron chi connectivity index (χ4n) is 3.05. The number of pyridine rings is 1. The molecule has 26 heavy (non-hydrogen) atoms. The van der Waals surface area contributed by atoms with E-state index >= 15 is 0 Å². The van der Waals surface area contributed by atoms with Gasteiger partial charge in [0.2, 0.25) is 5.91 Å². The lowest BCUT2D eigenvalue weighted by atomic mass is 10.00. The quantitative estimate of drug-likeness (QED) is 0.806. The predicted octanol–water partition coefficient (Wildman–Crippen LogP) is 3.47. The number of carbonyl (C=O) groups is 2. The van der Waals surface area contributed by atoms with E-state index in [1.165, 1.54) is 6.42 Å². The predicted molar refractivity (Wildman–Crippen MR) is 100 cm³/mol. The van der Waals surface area contributed by atoms with Gasteiger partial charge in [0.15, 0.2) is 0 Å². The molecule has 2 rings (SSSR count). The molecule has 2 amide bonds. The molecule has 1 unspecified atom stereocenters. The normalized spacial score (nSPS) is 17.7. The number of carbonyl (C=O) groups excluding carboxylic acids is 2. The van der Waals surface area contributed by atoms with Crippen LogP contribution in [-0.2, 0) is 16.1 Å². The zero-order valence-corrected chi connectivity index (χ0v) is 16.4. The summed E-state index contributed by atoms with van der Waals surface area (Å²) < 4.78 is 5.50. The van der Waals surface area contributed by atoms with Crippen LogP contribution in [0.1, 0.15) is 52.7 Å². The van der Waals surface area contributed by atoms with Gasteiger partial charge in [-0.2, -0.15) is 0 Å². The number of ether oxygens (including phenoxy) is 1. The Labute approximate surface area is 156 Å². The molecule has 0 aromatic carbocycles. The Morgan fingerprint density at radius 3 is 2.73 bits per heavy atom. The Kier molecular flexibility index (Phi) is 7.00. The van der Waals surface area contributed by atoms with Crippen LogP contribution in [0.25, 0.3) is 0 Å². The molecule has 0 radical (unpaired) electrons. The topological polar surface area (TPSA) is 62.7 Å². The molecule has 0 aliphatic carbocycles. The zero-order valence-electron chi connectivity index (χ0n) is 16.4. The summed E-state index contributed by atoms with van der Waals surface area (Å²) in [5, 5.41) is 0. The van der Waals surface area contributed by atoms with E-state index in [0.29, 0.717) is 25.4 Å². The maximum atomic E-state index is 12.6. The van der Waals surface area contributed by atoms with Crippen molar-refractivity contribution >= 4 is 12.0 Å². The van der Waals surface area contributed by atoms with Gasteiger partial charge in [0, 0.05) is 32.3 Å². The summed E-state index contributed by atoms with van der Waals surface area (Å²) in [5.74, 6) is 0.648. The van der Waals surface area contributed by atoms with Crippen molar-refractivity contribution in [3.63, 3.8) is 0 Å². The molecule has 0 bridgehead atoms. The van der Waals surface area contributed by atoms with Crippen molar-refractivity contribution in [2.75, 3.05) is 19.6 Å². The third-order valence-electron chi connectivity index (χ3n) is 4.34. The lowest BCUT2D eigenvalue weighted by Crippen LogP contribution is -2.42. The number of hydrogen-bond acceptors (Lipinski definition) is 4. The van der Waals surface area contributed by atoms with Crippen LogP contribution in [0.3, 0.4) is 0 Å². The molecule has 1 aliphatic heterocycles. The van der Waals surface area contributed by atoms with Crippen molar-refractivity contribution in [1.29, 1.82) is 0 Å². The van der Waals surface area contributed by atoms with Crippen LogP contribution in [0.2, 0.25) is 0 Å². The summed E-state index contributed by atoms with van der Waals surface area (Å²) in [6.07, 6.45) is 3.81. The van der Waals surface area contributed by atoms with Gasteiger partial charge in [-0.3, -0.25) is 9.78 Å². The molecular weight excluding hydrogens is 330 g/mol. The monoisotopic (exact) mass is 361 g/mol. The number of hydrogen-bond donors (Lipinski definition) is 0. The summed E-state index contributed by atoms with van der Waals surface area (Å²) in [5.41, 5.74) is 0.198. The highest BCUT2D eigenvalue weighted by atomic mass is 16.6. The minimum absolute atomic E-state index is 0.103. The fourth-order valence-corrected chi connectivity index (χ4v) is 3.05. The molecule has 144 valence electrons. The smallest absolute Gasteiger partial charge is 0.410 e. The van der Waals surface area contributed by atoms with Crippen LogP contribution in [0.4, 0.5) is 4.79 Å². The van der Waals surface area contributed by atoms with Crippen LogP contribution < -0.4 is 0 Å². The number of amides is 2. The van der Waals surface area contributed by atoms with Gasteiger partial charge < -0.3 is 14.5 Å². The average Bonchev–Trinajstić information content (AvgIpc) is 2.57. The summed E-state index contributed by atoms with van der Waals surface area (Å²) in [7, 11) is 0. The van der Waals surface area contributed by atoms with Crippen molar-refractivity contribution in [2.24, 2.45) is 5.92 Å².